The molecule has 0 bridgehead atoms. The van der Waals surface area contributed by atoms with Gasteiger partial charge in [-0.2, -0.15) is 4.98 Å². The molecule has 1 unspecified atom stereocenters. The van der Waals surface area contributed by atoms with Gasteiger partial charge in [0.05, 0.1) is 0 Å². The fourth-order valence-corrected chi connectivity index (χ4v) is 1.56. The molecule has 1 fully saturated rings. The minimum atomic E-state index is 0.0879. The van der Waals surface area contributed by atoms with Crippen LogP contribution in [0.25, 0.3) is 0 Å². The van der Waals surface area contributed by atoms with Crippen molar-refractivity contribution in [3.8, 4) is 0 Å². The Bertz CT molecular complexity index is 273. The molecule has 0 saturated carbocycles. The number of nitrogen functional groups attached to an aromatic ring is 1. The first-order valence-electron chi connectivity index (χ1n) is 4.10. The zero-order valence-electron chi connectivity index (χ0n) is 7.09. The quantitative estimate of drug-likeness (QED) is 0.533. The molecule has 66 valence electrons. The second-order valence-electron chi connectivity index (χ2n) is 3.53. The summed E-state index contributed by atoms with van der Waals surface area (Å²) in [7, 11) is 0. The number of aromatic nitrogens is 3. The molecule has 1 aromatic rings. The van der Waals surface area contributed by atoms with E-state index in [2.05, 4.69) is 27.4 Å². The highest BCUT2D eigenvalue weighted by Crippen LogP contribution is 2.26. The lowest BCUT2D eigenvalue weighted by Crippen LogP contribution is -2.26. The number of hydrogen-bond acceptors (Lipinski definition) is 4. The Hall–Kier alpha value is -1.10. The van der Waals surface area contributed by atoms with E-state index in [9.17, 15) is 0 Å². The van der Waals surface area contributed by atoms with E-state index in [1.165, 1.54) is 0 Å². The molecule has 12 heavy (non-hydrogen) atoms. The van der Waals surface area contributed by atoms with Gasteiger partial charge >= 0.3 is 0 Å². The van der Waals surface area contributed by atoms with E-state index in [-0.39, 0.29) is 5.41 Å². The molecular formula is C7H13N5. The zero-order chi connectivity index (χ0) is 8.60. The van der Waals surface area contributed by atoms with Crippen LogP contribution in [0.1, 0.15) is 19.2 Å². The monoisotopic (exact) mass is 167 g/mol. The first kappa shape index (κ1) is 7.54. The number of hydrogen-bond donors (Lipinski definition) is 3. The van der Waals surface area contributed by atoms with Crippen molar-refractivity contribution in [1.82, 2.24) is 20.5 Å². The van der Waals surface area contributed by atoms with Crippen LogP contribution in [0.4, 0.5) is 5.95 Å². The van der Waals surface area contributed by atoms with E-state index in [0.717, 1.165) is 25.3 Å². The van der Waals surface area contributed by atoms with Crippen molar-refractivity contribution < 1.29 is 0 Å². The average molecular weight is 167 g/mol. The topological polar surface area (TPSA) is 79.6 Å². The number of aromatic amines is 1. The summed E-state index contributed by atoms with van der Waals surface area (Å²) in [5.41, 5.74) is 5.52. The number of nitrogens with two attached hydrogens (primary N) is 1. The van der Waals surface area contributed by atoms with Crippen molar-refractivity contribution in [3.63, 3.8) is 0 Å². The fraction of sp³-hybridized carbons (Fsp3) is 0.714. The van der Waals surface area contributed by atoms with Gasteiger partial charge in [-0.1, -0.05) is 6.92 Å². The number of rotatable bonds is 1. The SMILES string of the molecule is CC1(c2nc(N)n[nH]2)CCNC1. The van der Waals surface area contributed by atoms with Crippen LogP contribution in [-0.2, 0) is 5.41 Å². The van der Waals surface area contributed by atoms with Crippen LogP contribution < -0.4 is 11.1 Å². The maximum absolute atomic E-state index is 5.43. The van der Waals surface area contributed by atoms with Crippen molar-refractivity contribution in [3.05, 3.63) is 5.82 Å². The minimum Gasteiger partial charge on any atom is -0.367 e. The standard InChI is InChI=1S/C7H13N5/c1-7(2-3-9-4-7)5-10-6(8)12-11-5/h9H,2-4H2,1H3,(H3,8,10,11,12). The molecule has 2 rings (SSSR count). The van der Waals surface area contributed by atoms with Crippen molar-refractivity contribution in [1.29, 1.82) is 0 Å². The van der Waals surface area contributed by atoms with Crippen molar-refractivity contribution >= 4 is 5.95 Å². The number of H-pyrrole nitrogens is 1. The molecule has 0 aromatic carbocycles. The van der Waals surface area contributed by atoms with Gasteiger partial charge in [-0.3, -0.25) is 5.10 Å². The normalized spacial score (nSPS) is 29.4. The molecule has 4 N–H and O–H groups in total. The van der Waals surface area contributed by atoms with E-state index >= 15 is 0 Å². The first-order valence-corrected chi connectivity index (χ1v) is 4.10. The van der Waals surface area contributed by atoms with Gasteiger partial charge in [-0.15, -0.1) is 5.10 Å². The van der Waals surface area contributed by atoms with Gasteiger partial charge < -0.3 is 11.1 Å². The van der Waals surface area contributed by atoms with E-state index in [0.29, 0.717) is 5.95 Å². The molecule has 1 aliphatic heterocycles. The molecule has 0 spiro atoms. The van der Waals surface area contributed by atoms with Gasteiger partial charge in [0, 0.05) is 12.0 Å². The molecule has 1 aromatic heterocycles. The summed E-state index contributed by atoms with van der Waals surface area (Å²) >= 11 is 0. The largest absolute Gasteiger partial charge is 0.367 e. The molecule has 1 atom stereocenters. The predicted octanol–water partition coefficient (Wildman–Crippen LogP) is -0.362. The fourth-order valence-electron chi connectivity index (χ4n) is 1.56. The number of nitrogens with zero attached hydrogens (tertiary/aromatic N) is 2. The Labute approximate surface area is 70.8 Å². The smallest absolute Gasteiger partial charge is 0.239 e. The molecule has 0 aliphatic carbocycles. The van der Waals surface area contributed by atoms with Gasteiger partial charge in [0.1, 0.15) is 5.82 Å². The van der Waals surface area contributed by atoms with Gasteiger partial charge in [0.15, 0.2) is 0 Å². The van der Waals surface area contributed by atoms with Crippen LogP contribution in [0.2, 0.25) is 0 Å². The van der Waals surface area contributed by atoms with Crippen molar-refractivity contribution in [2.75, 3.05) is 18.8 Å². The Morgan fingerprint density at radius 3 is 2.92 bits per heavy atom. The Balaban J connectivity index is 2.28. The Morgan fingerprint density at radius 1 is 1.58 bits per heavy atom. The van der Waals surface area contributed by atoms with E-state index < -0.39 is 0 Å². The lowest BCUT2D eigenvalue weighted by atomic mass is 9.89. The summed E-state index contributed by atoms with van der Waals surface area (Å²) in [6.45, 7) is 4.14. The van der Waals surface area contributed by atoms with Crippen LogP contribution >= 0.6 is 0 Å². The minimum absolute atomic E-state index is 0.0879. The number of anilines is 1. The van der Waals surface area contributed by atoms with Gasteiger partial charge in [0.25, 0.3) is 0 Å². The maximum atomic E-state index is 5.43. The lowest BCUT2D eigenvalue weighted by molar-refractivity contribution is 0.491. The lowest BCUT2D eigenvalue weighted by Gasteiger charge is -2.17. The summed E-state index contributed by atoms with van der Waals surface area (Å²) in [6.07, 6.45) is 1.08. The molecule has 5 nitrogen and oxygen atoms in total. The molecule has 2 heterocycles. The van der Waals surface area contributed by atoms with Crippen molar-refractivity contribution in [2.24, 2.45) is 0 Å². The van der Waals surface area contributed by atoms with E-state index in [4.69, 9.17) is 5.73 Å². The Morgan fingerprint density at radius 2 is 2.42 bits per heavy atom. The summed E-state index contributed by atoms with van der Waals surface area (Å²) in [5, 5.41) is 9.97. The van der Waals surface area contributed by atoms with Crippen LogP contribution in [0.5, 0.6) is 0 Å². The molecule has 5 heteroatoms. The Kier molecular flexibility index (Phi) is 1.54. The zero-order valence-corrected chi connectivity index (χ0v) is 7.09. The molecular weight excluding hydrogens is 154 g/mol. The summed E-state index contributed by atoms with van der Waals surface area (Å²) in [4.78, 5) is 4.14. The highest BCUT2D eigenvalue weighted by atomic mass is 15.3. The third-order valence-electron chi connectivity index (χ3n) is 2.44. The van der Waals surface area contributed by atoms with Gasteiger partial charge in [-0.05, 0) is 13.0 Å². The van der Waals surface area contributed by atoms with Crippen molar-refractivity contribution in [2.45, 2.75) is 18.8 Å². The third kappa shape index (κ3) is 1.06. The number of nitrogens with one attached hydrogen (secondary N) is 2. The van der Waals surface area contributed by atoms with Crippen LogP contribution in [0.3, 0.4) is 0 Å². The summed E-state index contributed by atoms with van der Waals surface area (Å²) in [5.74, 6) is 1.23. The van der Waals surface area contributed by atoms with E-state index in [1.54, 1.807) is 0 Å². The third-order valence-corrected chi connectivity index (χ3v) is 2.44. The predicted molar refractivity (Wildman–Crippen MR) is 45.6 cm³/mol. The van der Waals surface area contributed by atoms with Gasteiger partial charge in [-0.25, -0.2) is 0 Å². The highest BCUT2D eigenvalue weighted by molar-refractivity contribution is 5.19. The molecule has 1 saturated heterocycles. The molecule has 0 radical (unpaired) electrons. The first-order chi connectivity index (χ1) is 5.71. The van der Waals surface area contributed by atoms with Gasteiger partial charge in [0.2, 0.25) is 5.95 Å². The summed E-state index contributed by atoms with van der Waals surface area (Å²) < 4.78 is 0. The maximum Gasteiger partial charge on any atom is 0.239 e. The second-order valence-corrected chi connectivity index (χ2v) is 3.53. The molecule has 0 amide bonds. The van der Waals surface area contributed by atoms with E-state index in [1.807, 2.05) is 0 Å². The molecule has 1 aliphatic rings. The second kappa shape index (κ2) is 2.45. The van der Waals surface area contributed by atoms with Crippen LogP contribution in [-0.4, -0.2) is 28.3 Å². The van der Waals surface area contributed by atoms with Crippen LogP contribution in [0.15, 0.2) is 0 Å². The average Bonchev–Trinajstić information content (AvgIpc) is 2.59. The summed E-state index contributed by atoms with van der Waals surface area (Å²) in [6, 6.07) is 0. The highest BCUT2D eigenvalue weighted by Gasteiger charge is 2.33. The van der Waals surface area contributed by atoms with Crippen LogP contribution in [0, 0.1) is 0 Å².